The van der Waals surface area contributed by atoms with Crippen LogP contribution in [-0.4, -0.2) is 28.3 Å². The highest BCUT2D eigenvalue weighted by Crippen LogP contribution is 2.19. The molecule has 2 rings (SSSR count). The predicted molar refractivity (Wildman–Crippen MR) is 87.3 cm³/mol. The normalized spacial score (nSPS) is 14.8. The molecule has 0 aliphatic carbocycles. The van der Waals surface area contributed by atoms with E-state index in [2.05, 4.69) is 43.5 Å². The first-order chi connectivity index (χ1) is 10.1. The Balaban J connectivity index is 2.26. The first kappa shape index (κ1) is 16.0. The molecule has 0 bridgehead atoms. The summed E-state index contributed by atoms with van der Waals surface area (Å²) in [7, 11) is 0. The van der Waals surface area contributed by atoms with Crippen LogP contribution in [0.1, 0.15) is 33.5 Å². The van der Waals surface area contributed by atoms with Crippen LogP contribution in [0.2, 0.25) is 0 Å². The molecule has 4 heteroatoms. The number of rotatable bonds is 7. The lowest BCUT2D eigenvalue weighted by Crippen LogP contribution is -2.42. The summed E-state index contributed by atoms with van der Waals surface area (Å²) in [5, 5.41) is 0. The Labute approximate surface area is 127 Å². The van der Waals surface area contributed by atoms with Crippen molar-refractivity contribution in [2.24, 2.45) is 11.7 Å². The van der Waals surface area contributed by atoms with Crippen molar-refractivity contribution < 1.29 is 4.74 Å². The van der Waals surface area contributed by atoms with Crippen LogP contribution in [0, 0.1) is 5.92 Å². The fourth-order valence-corrected chi connectivity index (χ4v) is 2.96. The molecule has 2 atom stereocenters. The third-order valence-electron chi connectivity index (χ3n) is 3.91. The monoisotopic (exact) mass is 289 g/mol. The maximum Gasteiger partial charge on any atom is 0.111 e. The first-order valence-corrected chi connectivity index (χ1v) is 7.89. The Bertz CT molecular complexity index is 576. The van der Waals surface area contributed by atoms with Crippen molar-refractivity contribution in [1.29, 1.82) is 0 Å². The molecule has 0 radical (unpaired) electrons. The summed E-state index contributed by atoms with van der Waals surface area (Å²) in [5.74, 6) is 1.45. The maximum absolute atomic E-state index is 6.40. The van der Waals surface area contributed by atoms with Crippen molar-refractivity contribution in [2.45, 2.75) is 52.8 Å². The van der Waals surface area contributed by atoms with Crippen LogP contribution < -0.4 is 5.73 Å². The van der Waals surface area contributed by atoms with E-state index >= 15 is 0 Å². The zero-order chi connectivity index (χ0) is 15.4. The molecule has 0 aliphatic rings. The zero-order valence-electron chi connectivity index (χ0n) is 13.5. The highest BCUT2D eigenvalue weighted by Gasteiger charge is 2.24. The summed E-state index contributed by atoms with van der Waals surface area (Å²) in [6, 6.07) is 8.21. The quantitative estimate of drug-likeness (QED) is 0.852. The zero-order valence-corrected chi connectivity index (χ0v) is 13.5. The molecular weight excluding hydrogens is 262 g/mol. The summed E-state index contributed by atoms with van der Waals surface area (Å²) in [6.07, 6.45) is 0.811. The lowest BCUT2D eigenvalue weighted by atomic mass is 9.97. The number of imidazole rings is 1. The van der Waals surface area contributed by atoms with Gasteiger partial charge in [-0.15, -0.1) is 0 Å². The number of hydrogen-bond donors (Lipinski definition) is 1. The Morgan fingerprint density at radius 3 is 2.57 bits per heavy atom. The van der Waals surface area contributed by atoms with Crippen molar-refractivity contribution in [3.05, 3.63) is 30.1 Å². The number of benzene rings is 1. The van der Waals surface area contributed by atoms with E-state index in [9.17, 15) is 0 Å². The van der Waals surface area contributed by atoms with Gasteiger partial charge in [-0.1, -0.05) is 26.0 Å². The summed E-state index contributed by atoms with van der Waals surface area (Å²) in [5.41, 5.74) is 8.63. The molecule has 2 N–H and O–H groups in total. The standard InChI is InChI=1S/C17H27N3O/c1-5-20-15-10-8-7-9-14(15)19-16(20)11-13(18)17(12(3)4)21-6-2/h7-10,12-13,17H,5-6,11,18H2,1-4H3. The van der Waals surface area contributed by atoms with E-state index < -0.39 is 0 Å². The van der Waals surface area contributed by atoms with Gasteiger partial charge in [-0.25, -0.2) is 4.98 Å². The molecule has 1 aromatic carbocycles. The summed E-state index contributed by atoms with van der Waals surface area (Å²) in [6.45, 7) is 10.1. The second-order valence-electron chi connectivity index (χ2n) is 5.79. The SMILES string of the molecule is CCOC(C(C)C)C(N)Cc1nc2ccccc2n1CC. The van der Waals surface area contributed by atoms with Gasteiger partial charge in [0.25, 0.3) is 0 Å². The highest BCUT2D eigenvalue weighted by atomic mass is 16.5. The van der Waals surface area contributed by atoms with Gasteiger partial charge in [-0.3, -0.25) is 0 Å². The van der Waals surface area contributed by atoms with Gasteiger partial charge in [0, 0.05) is 25.6 Å². The molecule has 4 nitrogen and oxygen atoms in total. The van der Waals surface area contributed by atoms with Crippen LogP contribution in [0.4, 0.5) is 0 Å². The Hall–Kier alpha value is -1.39. The second kappa shape index (κ2) is 7.05. The third-order valence-corrected chi connectivity index (χ3v) is 3.91. The lowest BCUT2D eigenvalue weighted by molar-refractivity contribution is 0.0122. The topological polar surface area (TPSA) is 53.1 Å². The lowest BCUT2D eigenvalue weighted by Gasteiger charge is -2.27. The molecule has 0 amide bonds. The van der Waals surface area contributed by atoms with Crippen LogP contribution in [-0.2, 0) is 17.7 Å². The predicted octanol–water partition coefficient (Wildman–Crippen LogP) is 2.99. The van der Waals surface area contributed by atoms with E-state index in [4.69, 9.17) is 15.5 Å². The molecule has 0 saturated heterocycles. The molecule has 1 aromatic heterocycles. The van der Waals surface area contributed by atoms with Gasteiger partial charge in [-0.05, 0) is 31.9 Å². The van der Waals surface area contributed by atoms with Gasteiger partial charge >= 0.3 is 0 Å². The number of aromatic nitrogens is 2. The van der Waals surface area contributed by atoms with E-state index in [0.717, 1.165) is 24.3 Å². The van der Waals surface area contributed by atoms with Crippen LogP contribution in [0.25, 0.3) is 11.0 Å². The molecule has 0 spiro atoms. The number of nitrogens with two attached hydrogens (primary N) is 1. The number of hydrogen-bond acceptors (Lipinski definition) is 3. The minimum atomic E-state index is -0.0351. The summed E-state index contributed by atoms with van der Waals surface area (Å²) >= 11 is 0. The Kier molecular flexibility index (Phi) is 5.37. The van der Waals surface area contributed by atoms with Gasteiger partial charge in [0.1, 0.15) is 5.82 Å². The number of ether oxygens (including phenoxy) is 1. The largest absolute Gasteiger partial charge is 0.377 e. The van der Waals surface area contributed by atoms with E-state index in [1.165, 1.54) is 5.52 Å². The van der Waals surface area contributed by atoms with Gasteiger partial charge in [0.2, 0.25) is 0 Å². The molecule has 2 aromatic rings. The van der Waals surface area contributed by atoms with Crippen molar-refractivity contribution in [3.63, 3.8) is 0 Å². The van der Waals surface area contributed by atoms with E-state index in [-0.39, 0.29) is 12.1 Å². The molecule has 0 saturated carbocycles. The first-order valence-electron chi connectivity index (χ1n) is 7.89. The van der Waals surface area contributed by atoms with Gasteiger partial charge in [0.05, 0.1) is 17.1 Å². The van der Waals surface area contributed by atoms with Crippen LogP contribution in [0.5, 0.6) is 0 Å². The smallest absolute Gasteiger partial charge is 0.111 e. The minimum absolute atomic E-state index is 0.0351. The fourth-order valence-electron chi connectivity index (χ4n) is 2.96. The Morgan fingerprint density at radius 2 is 1.95 bits per heavy atom. The maximum atomic E-state index is 6.40. The van der Waals surface area contributed by atoms with Gasteiger partial charge in [0.15, 0.2) is 0 Å². The van der Waals surface area contributed by atoms with E-state index in [1.807, 2.05) is 13.0 Å². The van der Waals surface area contributed by atoms with E-state index in [1.54, 1.807) is 0 Å². The number of nitrogens with zero attached hydrogens (tertiary/aromatic N) is 2. The average molecular weight is 289 g/mol. The second-order valence-corrected chi connectivity index (χ2v) is 5.79. The molecule has 116 valence electrons. The average Bonchev–Trinajstić information content (AvgIpc) is 2.81. The van der Waals surface area contributed by atoms with Gasteiger partial charge < -0.3 is 15.0 Å². The third kappa shape index (κ3) is 3.44. The highest BCUT2D eigenvalue weighted by molar-refractivity contribution is 5.75. The van der Waals surface area contributed by atoms with Crippen LogP contribution >= 0.6 is 0 Å². The molecule has 2 unspecified atom stereocenters. The number of para-hydroxylation sites is 2. The van der Waals surface area contributed by atoms with Crippen molar-refractivity contribution in [2.75, 3.05) is 6.61 Å². The molecule has 0 aliphatic heterocycles. The van der Waals surface area contributed by atoms with Crippen LogP contribution in [0.3, 0.4) is 0 Å². The number of aryl methyl sites for hydroxylation is 1. The molecular formula is C17H27N3O. The fraction of sp³-hybridized carbons (Fsp3) is 0.588. The molecule has 0 fully saturated rings. The number of fused-ring (bicyclic) bond motifs is 1. The van der Waals surface area contributed by atoms with Crippen molar-refractivity contribution in [1.82, 2.24) is 9.55 Å². The molecule has 1 heterocycles. The molecule has 21 heavy (non-hydrogen) atoms. The van der Waals surface area contributed by atoms with Crippen LogP contribution in [0.15, 0.2) is 24.3 Å². The summed E-state index contributed by atoms with van der Waals surface area (Å²) in [4.78, 5) is 4.75. The van der Waals surface area contributed by atoms with Crippen molar-refractivity contribution in [3.8, 4) is 0 Å². The van der Waals surface area contributed by atoms with Crippen molar-refractivity contribution >= 4 is 11.0 Å². The summed E-state index contributed by atoms with van der Waals surface area (Å²) < 4.78 is 8.07. The van der Waals surface area contributed by atoms with Gasteiger partial charge in [-0.2, -0.15) is 0 Å². The Morgan fingerprint density at radius 1 is 1.24 bits per heavy atom. The minimum Gasteiger partial charge on any atom is -0.377 e. The van der Waals surface area contributed by atoms with E-state index in [0.29, 0.717) is 12.5 Å².